The molecule has 0 bridgehead atoms. The van der Waals surface area contributed by atoms with Gasteiger partial charge in [0.15, 0.2) is 0 Å². The van der Waals surface area contributed by atoms with Crippen LogP contribution in [-0.2, 0) is 0 Å². The summed E-state index contributed by atoms with van der Waals surface area (Å²) in [6.45, 7) is 6.79. The second kappa shape index (κ2) is 8.29. The lowest BCUT2D eigenvalue weighted by Crippen LogP contribution is -2.37. The van der Waals surface area contributed by atoms with E-state index >= 15 is 0 Å². The minimum Gasteiger partial charge on any atom is -0.496 e. The number of para-hydroxylation sites is 1. The molecule has 1 aliphatic rings. The van der Waals surface area contributed by atoms with Gasteiger partial charge in [-0.2, -0.15) is 0 Å². The molecule has 5 nitrogen and oxygen atoms in total. The Morgan fingerprint density at radius 2 is 1.93 bits per heavy atom. The maximum atomic E-state index is 12.9. The minimum absolute atomic E-state index is 0.0719. The number of H-pyrrole nitrogens is 1. The van der Waals surface area contributed by atoms with Gasteiger partial charge in [-0.15, -0.1) is 0 Å². The van der Waals surface area contributed by atoms with E-state index in [1.54, 1.807) is 7.11 Å². The number of hydrogen-bond donors (Lipinski definition) is 2. The lowest BCUT2D eigenvalue weighted by Gasteiger charge is -2.29. The van der Waals surface area contributed by atoms with Gasteiger partial charge in [-0.1, -0.05) is 24.3 Å². The first-order valence-corrected chi connectivity index (χ1v) is 10.3. The Kier molecular flexibility index (Phi) is 5.58. The third kappa shape index (κ3) is 4.01. The monoisotopic (exact) mass is 391 g/mol. The number of rotatable bonds is 6. The number of aromatic nitrogens is 1. The van der Waals surface area contributed by atoms with Crippen LogP contribution in [0.1, 0.15) is 46.1 Å². The number of nitrogens with one attached hydrogen (secondary N) is 2. The Labute approximate surface area is 172 Å². The maximum absolute atomic E-state index is 12.9. The molecule has 1 unspecified atom stereocenters. The lowest BCUT2D eigenvalue weighted by atomic mass is 10.0. The molecule has 2 heterocycles. The van der Waals surface area contributed by atoms with E-state index in [9.17, 15) is 4.79 Å². The number of aryl methyl sites for hydroxylation is 2. The zero-order valence-corrected chi connectivity index (χ0v) is 17.4. The van der Waals surface area contributed by atoms with Crippen molar-refractivity contribution in [3.8, 4) is 5.75 Å². The van der Waals surface area contributed by atoms with E-state index in [0.717, 1.165) is 35.3 Å². The summed E-state index contributed by atoms with van der Waals surface area (Å²) in [6.07, 6.45) is 2.39. The lowest BCUT2D eigenvalue weighted by molar-refractivity contribution is 0.0933. The Morgan fingerprint density at radius 3 is 2.69 bits per heavy atom. The van der Waals surface area contributed by atoms with E-state index in [1.165, 1.54) is 24.0 Å². The molecule has 1 atom stereocenters. The van der Waals surface area contributed by atoms with Crippen LogP contribution in [-0.4, -0.2) is 42.5 Å². The predicted octanol–water partition coefficient (Wildman–Crippen LogP) is 4.36. The molecule has 0 saturated carbocycles. The van der Waals surface area contributed by atoms with Gasteiger partial charge in [-0.25, -0.2) is 0 Å². The number of likely N-dealkylation sites (tertiary alicyclic amines) is 1. The summed E-state index contributed by atoms with van der Waals surface area (Å²) in [5.74, 6) is 0.799. The molecular weight excluding hydrogens is 362 g/mol. The smallest absolute Gasteiger partial charge is 0.267 e. The average Bonchev–Trinajstić information content (AvgIpc) is 3.38. The fourth-order valence-corrected chi connectivity index (χ4v) is 4.44. The Hall–Kier alpha value is -2.79. The van der Waals surface area contributed by atoms with Gasteiger partial charge >= 0.3 is 0 Å². The fourth-order valence-electron chi connectivity index (χ4n) is 4.44. The molecule has 1 saturated heterocycles. The number of ether oxygens (including phenoxy) is 1. The highest BCUT2D eigenvalue weighted by atomic mass is 16.5. The van der Waals surface area contributed by atoms with Crippen LogP contribution in [0.4, 0.5) is 0 Å². The van der Waals surface area contributed by atoms with Gasteiger partial charge in [0.05, 0.1) is 13.2 Å². The maximum Gasteiger partial charge on any atom is 0.267 e. The number of benzene rings is 2. The molecule has 1 aromatic heterocycles. The number of methoxy groups -OCH3 is 1. The van der Waals surface area contributed by atoms with Crippen LogP contribution in [0.25, 0.3) is 10.9 Å². The summed E-state index contributed by atoms with van der Waals surface area (Å²) in [4.78, 5) is 18.6. The number of aromatic amines is 1. The first-order valence-electron chi connectivity index (χ1n) is 10.3. The molecule has 2 N–H and O–H groups in total. The molecule has 1 amide bonds. The van der Waals surface area contributed by atoms with Gasteiger partial charge in [-0.05, 0) is 69.1 Å². The molecule has 1 aliphatic heterocycles. The van der Waals surface area contributed by atoms with Crippen molar-refractivity contribution in [3.05, 3.63) is 64.8 Å². The summed E-state index contributed by atoms with van der Waals surface area (Å²) in [5, 5.41) is 4.25. The van der Waals surface area contributed by atoms with Crippen molar-refractivity contribution >= 4 is 16.8 Å². The summed E-state index contributed by atoms with van der Waals surface area (Å²) in [6, 6.07) is 14.4. The van der Waals surface area contributed by atoms with Crippen LogP contribution in [0, 0.1) is 13.8 Å². The Balaban J connectivity index is 1.55. The van der Waals surface area contributed by atoms with Gasteiger partial charge in [0, 0.05) is 23.0 Å². The Bertz CT molecular complexity index is 1020. The number of carbonyl (C=O) groups is 1. The minimum atomic E-state index is -0.0719. The zero-order chi connectivity index (χ0) is 20.4. The molecule has 0 spiro atoms. The highest BCUT2D eigenvalue weighted by Gasteiger charge is 2.26. The van der Waals surface area contributed by atoms with Gasteiger partial charge in [-0.3, -0.25) is 9.69 Å². The van der Waals surface area contributed by atoms with Crippen LogP contribution >= 0.6 is 0 Å². The molecule has 29 heavy (non-hydrogen) atoms. The van der Waals surface area contributed by atoms with Crippen molar-refractivity contribution in [3.63, 3.8) is 0 Å². The topological polar surface area (TPSA) is 57.4 Å². The first-order chi connectivity index (χ1) is 14.1. The second-order valence-electron chi connectivity index (χ2n) is 7.94. The van der Waals surface area contributed by atoms with Crippen LogP contribution in [0.15, 0.2) is 42.5 Å². The van der Waals surface area contributed by atoms with E-state index in [2.05, 4.69) is 47.2 Å². The van der Waals surface area contributed by atoms with Gasteiger partial charge < -0.3 is 15.0 Å². The molecule has 152 valence electrons. The normalized spacial score (nSPS) is 15.6. The highest BCUT2D eigenvalue weighted by Crippen LogP contribution is 2.31. The van der Waals surface area contributed by atoms with Crippen molar-refractivity contribution in [2.75, 3.05) is 26.7 Å². The molecule has 0 aliphatic carbocycles. The summed E-state index contributed by atoms with van der Waals surface area (Å²) >= 11 is 0. The third-order valence-corrected chi connectivity index (χ3v) is 5.87. The summed E-state index contributed by atoms with van der Waals surface area (Å²) < 4.78 is 5.60. The van der Waals surface area contributed by atoms with Crippen molar-refractivity contribution in [2.24, 2.45) is 0 Å². The van der Waals surface area contributed by atoms with Crippen LogP contribution < -0.4 is 10.1 Å². The fraction of sp³-hybridized carbons (Fsp3) is 0.375. The quantitative estimate of drug-likeness (QED) is 0.656. The summed E-state index contributed by atoms with van der Waals surface area (Å²) in [5.41, 5.74) is 5.11. The third-order valence-electron chi connectivity index (χ3n) is 5.87. The standard InChI is InChI=1S/C24H29N3O2/c1-16-12-17(2)19-14-21(26-20(19)13-16)24(28)25-15-22(27-10-6-7-11-27)18-8-4-5-9-23(18)29-3/h4-5,8-9,12-14,22,26H,6-7,10-11,15H2,1-3H3,(H,25,28). The van der Waals surface area contributed by atoms with Crippen LogP contribution in [0.3, 0.4) is 0 Å². The molecule has 3 aromatic rings. The van der Waals surface area contributed by atoms with Crippen LogP contribution in [0.2, 0.25) is 0 Å². The van der Waals surface area contributed by atoms with E-state index in [0.29, 0.717) is 12.2 Å². The molecule has 1 fully saturated rings. The number of amides is 1. The number of hydrogen-bond acceptors (Lipinski definition) is 3. The SMILES string of the molecule is COc1ccccc1C(CNC(=O)c1cc2c(C)cc(C)cc2[nH]1)N1CCCC1. The van der Waals surface area contributed by atoms with Gasteiger partial charge in [0.1, 0.15) is 11.4 Å². The second-order valence-corrected chi connectivity index (χ2v) is 7.94. The van der Waals surface area contributed by atoms with E-state index in [-0.39, 0.29) is 11.9 Å². The van der Waals surface area contributed by atoms with Crippen molar-refractivity contribution in [2.45, 2.75) is 32.7 Å². The number of fused-ring (bicyclic) bond motifs is 1. The van der Waals surface area contributed by atoms with Crippen molar-refractivity contribution in [1.82, 2.24) is 15.2 Å². The van der Waals surface area contributed by atoms with Crippen LogP contribution in [0.5, 0.6) is 5.75 Å². The number of nitrogens with zero attached hydrogens (tertiary/aromatic N) is 1. The average molecular weight is 392 g/mol. The van der Waals surface area contributed by atoms with Gasteiger partial charge in [0.2, 0.25) is 0 Å². The molecule has 2 aromatic carbocycles. The largest absolute Gasteiger partial charge is 0.496 e. The Morgan fingerprint density at radius 1 is 1.17 bits per heavy atom. The van der Waals surface area contributed by atoms with Gasteiger partial charge in [0.25, 0.3) is 5.91 Å². The molecular formula is C24H29N3O2. The zero-order valence-electron chi connectivity index (χ0n) is 17.4. The highest BCUT2D eigenvalue weighted by molar-refractivity contribution is 5.99. The van der Waals surface area contributed by atoms with Crippen molar-refractivity contribution in [1.29, 1.82) is 0 Å². The predicted molar refractivity (Wildman–Crippen MR) is 117 cm³/mol. The first kappa shape index (κ1) is 19.5. The van der Waals surface area contributed by atoms with E-state index in [4.69, 9.17) is 4.74 Å². The number of carbonyl (C=O) groups excluding carboxylic acids is 1. The summed E-state index contributed by atoms with van der Waals surface area (Å²) in [7, 11) is 1.70. The molecule has 4 rings (SSSR count). The molecule has 5 heteroatoms. The van der Waals surface area contributed by atoms with E-state index < -0.39 is 0 Å². The molecule has 0 radical (unpaired) electrons. The van der Waals surface area contributed by atoms with Crippen molar-refractivity contribution < 1.29 is 9.53 Å². The van der Waals surface area contributed by atoms with E-state index in [1.807, 2.05) is 24.3 Å².